The summed E-state index contributed by atoms with van der Waals surface area (Å²) in [4.78, 5) is 24.1. The molecule has 0 bridgehead atoms. The van der Waals surface area contributed by atoms with Crippen LogP contribution >= 0.6 is 0 Å². The van der Waals surface area contributed by atoms with E-state index in [9.17, 15) is 9.59 Å². The van der Waals surface area contributed by atoms with E-state index < -0.39 is 5.97 Å². The number of ether oxygens (including phenoxy) is 1. The number of benzene rings is 3. The number of anilines is 1. The summed E-state index contributed by atoms with van der Waals surface area (Å²) in [5, 5.41) is 7.30. The lowest BCUT2D eigenvalue weighted by atomic mass is 10.1. The van der Waals surface area contributed by atoms with Crippen LogP contribution in [-0.2, 0) is 16.0 Å². The van der Waals surface area contributed by atoms with Crippen molar-refractivity contribution in [2.24, 2.45) is 0 Å². The molecule has 4 aromatic rings. The van der Waals surface area contributed by atoms with Gasteiger partial charge in [-0.25, -0.2) is 9.48 Å². The maximum Gasteiger partial charge on any atom is 0.337 e. The van der Waals surface area contributed by atoms with Crippen molar-refractivity contribution in [3.8, 4) is 17.5 Å². The molecule has 168 valence electrons. The number of methoxy groups -OCH3 is 1. The maximum absolute atomic E-state index is 12.5. The van der Waals surface area contributed by atoms with E-state index in [0.29, 0.717) is 29.7 Å². The zero-order valence-electron chi connectivity index (χ0n) is 18.7. The summed E-state index contributed by atoms with van der Waals surface area (Å²) in [7, 11) is 1.35. The molecule has 0 saturated heterocycles. The zero-order chi connectivity index (χ0) is 23.8. The average molecular weight is 450 g/mol. The Labute approximate surface area is 198 Å². The van der Waals surface area contributed by atoms with Crippen LogP contribution in [0.2, 0.25) is 0 Å². The molecular formula is C28H23N3O3. The lowest BCUT2D eigenvalue weighted by molar-refractivity contribution is -0.116. The molecule has 4 rings (SSSR count). The minimum Gasteiger partial charge on any atom is -0.465 e. The number of aryl methyl sites for hydroxylation is 1. The zero-order valence-corrected chi connectivity index (χ0v) is 18.7. The second-order valence-corrected chi connectivity index (χ2v) is 7.58. The van der Waals surface area contributed by atoms with Crippen molar-refractivity contribution in [1.29, 1.82) is 0 Å². The topological polar surface area (TPSA) is 73.2 Å². The van der Waals surface area contributed by atoms with Crippen LogP contribution in [0.5, 0.6) is 0 Å². The number of esters is 1. The van der Waals surface area contributed by atoms with Gasteiger partial charge in [0, 0.05) is 29.4 Å². The lowest BCUT2D eigenvalue weighted by Crippen LogP contribution is -2.12. The molecule has 0 fully saturated rings. The first-order valence-corrected chi connectivity index (χ1v) is 10.8. The number of aromatic nitrogens is 2. The second-order valence-electron chi connectivity index (χ2n) is 7.58. The van der Waals surface area contributed by atoms with Crippen LogP contribution in [0.1, 0.15) is 33.5 Å². The quantitative estimate of drug-likeness (QED) is 0.344. The van der Waals surface area contributed by atoms with Crippen LogP contribution in [0.15, 0.2) is 91.3 Å². The molecule has 0 spiro atoms. The molecule has 1 amide bonds. The summed E-state index contributed by atoms with van der Waals surface area (Å²) in [6, 6.07) is 24.2. The summed E-state index contributed by atoms with van der Waals surface area (Å²) in [5.41, 5.74) is 4.56. The molecular weight excluding hydrogens is 426 g/mol. The highest BCUT2D eigenvalue weighted by atomic mass is 16.5. The van der Waals surface area contributed by atoms with Gasteiger partial charge in [0.1, 0.15) is 0 Å². The number of hydrogen-bond acceptors (Lipinski definition) is 4. The van der Waals surface area contributed by atoms with Crippen molar-refractivity contribution in [2.75, 3.05) is 12.4 Å². The molecule has 1 aromatic heterocycles. The number of amides is 1. The first-order valence-electron chi connectivity index (χ1n) is 10.8. The average Bonchev–Trinajstić information content (AvgIpc) is 3.36. The van der Waals surface area contributed by atoms with Gasteiger partial charge >= 0.3 is 5.97 Å². The molecule has 0 radical (unpaired) electrons. The molecule has 6 heteroatoms. The third-order valence-electron chi connectivity index (χ3n) is 5.08. The summed E-state index contributed by atoms with van der Waals surface area (Å²) in [6.45, 7) is 0. The molecule has 0 aliphatic rings. The second kappa shape index (κ2) is 10.8. The molecule has 6 nitrogen and oxygen atoms in total. The molecule has 0 unspecified atom stereocenters. The maximum atomic E-state index is 12.5. The minimum absolute atomic E-state index is 0.0802. The highest BCUT2D eigenvalue weighted by Gasteiger charge is 2.07. The van der Waals surface area contributed by atoms with Crippen LogP contribution in [-0.4, -0.2) is 28.8 Å². The smallest absolute Gasteiger partial charge is 0.337 e. The van der Waals surface area contributed by atoms with Gasteiger partial charge in [-0.3, -0.25) is 4.79 Å². The third-order valence-corrected chi connectivity index (χ3v) is 5.08. The van der Waals surface area contributed by atoms with Gasteiger partial charge in [0.05, 0.1) is 24.6 Å². The molecule has 34 heavy (non-hydrogen) atoms. The number of para-hydroxylation sites is 1. The Morgan fingerprint density at radius 2 is 1.68 bits per heavy atom. The fourth-order valence-corrected chi connectivity index (χ4v) is 3.35. The van der Waals surface area contributed by atoms with Gasteiger partial charge in [0.25, 0.3) is 0 Å². The molecule has 0 atom stereocenters. The van der Waals surface area contributed by atoms with E-state index in [0.717, 1.165) is 16.8 Å². The van der Waals surface area contributed by atoms with E-state index in [4.69, 9.17) is 4.74 Å². The first-order chi connectivity index (χ1) is 16.6. The summed E-state index contributed by atoms with van der Waals surface area (Å²) in [5.74, 6) is 5.63. The molecule has 3 aromatic carbocycles. The summed E-state index contributed by atoms with van der Waals surface area (Å²) < 4.78 is 6.55. The van der Waals surface area contributed by atoms with Gasteiger partial charge in [-0.15, -0.1) is 0 Å². The minimum atomic E-state index is -0.402. The SMILES string of the molecule is COC(=O)c1cccc(C#Cc2cccc(NC(=O)CCc3cnn(-c4ccccc4)c3)c2)c1. The first kappa shape index (κ1) is 22.6. The van der Waals surface area contributed by atoms with E-state index >= 15 is 0 Å². The molecule has 1 N–H and O–H groups in total. The van der Waals surface area contributed by atoms with E-state index in [1.807, 2.05) is 66.9 Å². The molecule has 0 aliphatic heterocycles. The number of carbonyl (C=O) groups excluding carboxylic acids is 2. The van der Waals surface area contributed by atoms with E-state index in [1.165, 1.54) is 7.11 Å². The fraction of sp³-hybridized carbons (Fsp3) is 0.107. The van der Waals surface area contributed by atoms with Crippen molar-refractivity contribution in [2.45, 2.75) is 12.8 Å². The highest BCUT2D eigenvalue weighted by Crippen LogP contribution is 2.13. The van der Waals surface area contributed by atoms with Crippen molar-refractivity contribution < 1.29 is 14.3 Å². The predicted molar refractivity (Wildman–Crippen MR) is 131 cm³/mol. The van der Waals surface area contributed by atoms with E-state index in [-0.39, 0.29) is 5.91 Å². The monoisotopic (exact) mass is 449 g/mol. The number of nitrogens with one attached hydrogen (secondary N) is 1. The summed E-state index contributed by atoms with van der Waals surface area (Å²) in [6.07, 6.45) is 4.66. The number of rotatable bonds is 6. The van der Waals surface area contributed by atoms with E-state index in [2.05, 4.69) is 22.3 Å². The molecule has 0 saturated carbocycles. The number of hydrogen-bond donors (Lipinski definition) is 1. The fourth-order valence-electron chi connectivity index (χ4n) is 3.35. The van der Waals surface area contributed by atoms with Gasteiger partial charge in [-0.05, 0) is 60.5 Å². The van der Waals surface area contributed by atoms with Gasteiger partial charge in [0.2, 0.25) is 5.91 Å². The van der Waals surface area contributed by atoms with E-state index in [1.54, 1.807) is 29.1 Å². The van der Waals surface area contributed by atoms with Crippen molar-refractivity contribution in [1.82, 2.24) is 9.78 Å². The van der Waals surface area contributed by atoms with Crippen LogP contribution in [0, 0.1) is 11.8 Å². The Bertz CT molecular complexity index is 1360. The lowest BCUT2D eigenvalue weighted by Gasteiger charge is -2.05. The Kier molecular flexibility index (Phi) is 7.16. The van der Waals surface area contributed by atoms with Crippen molar-refractivity contribution >= 4 is 17.6 Å². The van der Waals surface area contributed by atoms with Crippen molar-refractivity contribution in [3.05, 3.63) is 114 Å². The van der Waals surface area contributed by atoms with Gasteiger partial charge < -0.3 is 10.1 Å². The van der Waals surface area contributed by atoms with Gasteiger partial charge in [0.15, 0.2) is 0 Å². The van der Waals surface area contributed by atoms with Crippen LogP contribution < -0.4 is 5.32 Å². The number of carbonyl (C=O) groups is 2. The Balaban J connectivity index is 1.35. The predicted octanol–water partition coefficient (Wildman–Crippen LogP) is 4.63. The van der Waals surface area contributed by atoms with Crippen molar-refractivity contribution in [3.63, 3.8) is 0 Å². The third kappa shape index (κ3) is 5.99. The van der Waals surface area contributed by atoms with Crippen LogP contribution in [0.25, 0.3) is 5.69 Å². The Hall–Kier alpha value is -4.63. The summed E-state index contributed by atoms with van der Waals surface area (Å²) >= 11 is 0. The normalized spacial score (nSPS) is 10.1. The molecule has 1 heterocycles. The van der Waals surface area contributed by atoms with Gasteiger partial charge in [-0.2, -0.15) is 5.10 Å². The van der Waals surface area contributed by atoms with Gasteiger partial charge in [-0.1, -0.05) is 42.2 Å². The number of nitrogens with zero attached hydrogens (tertiary/aromatic N) is 2. The Morgan fingerprint density at radius 3 is 2.44 bits per heavy atom. The Morgan fingerprint density at radius 1 is 0.941 bits per heavy atom. The standard InChI is InChI=1S/C28H23N3O3/c1-34-28(33)24-9-5-7-21(17-24)13-14-22-8-6-10-25(18-22)30-27(32)16-15-23-19-29-31(20-23)26-11-3-2-4-12-26/h2-12,17-20H,15-16H2,1H3,(H,30,32). The van der Waals surface area contributed by atoms with Crippen LogP contribution in [0.4, 0.5) is 5.69 Å². The van der Waals surface area contributed by atoms with Crippen LogP contribution in [0.3, 0.4) is 0 Å². The largest absolute Gasteiger partial charge is 0.465 e. The molecule has 0 aliphatic carbocycles. The highest BCUT2D eigenvalue weighted by molar-refractivity contribution is 5.91.